The summed E-state index contributed by atoms with van der Waals surface area (Å²) in [6.07, 6.45) is 1.43. The number of hydrogen-bond acceptors (Lipinski definition) is 5. The molecule has 4 rings (SSSR count). The Hall–Kier alpha value is -3.41. The van der Waals surface area contributed by atoms with E-state index in [0.717, 1.165) is 46.3 Å². The summed E-state index contributed by atoms with van der Waals surface area (Å²) in [7, 11) is 3.28. The Balaban J connectivity index is 1.65. The highest BCUT2D eigenvalue weighted by Gasteiger charge is 2.24. The highest BCUT2D eigenvalue weighted by Crippen LogP contribution is 2.30. The lowest BCUT2D eigenvalue weighted by Gasteiger charge is -2.20. The van der Waals surface area contributed by atoms with Gasteiger partial charge in [0, 0.05) is 47.8 Å². The van der Waals surface area contributed by atoms with Crippen LogP contribution < -0.4 is 9.47 Å². The molecule has 2 heterocycles. The first-order valence-corrected chi connectivity index (χ1v) is 11.0. The molecule has 0 N–H and O–H groups in total. The number of methoxy groups -OCH3 is 2. The molecule has 6 heteroatoms. The van der Waals surface area contributed by atoms with E-state index in [-0.39, 0.29) is 11.8 Å². The van der Waals surface area contributed by atoms with Crippen molar-refractivity contribution in [2.45, 2.75) is 32.6 Å². The average molecular weight is 432 g/mol. The number of aromatic nitrogens is 2. The molecule has 0 aliphatic carbocycles. The first-order valence-electron chi connectivity index (χ1n) is 11.0. The third-order valence-electron chi connectivity index (χ3n) is 5.86. The van der Waals surface area contributed by atoms with E-state index >= 15 is 0 Å². The van der Waals surface area contributed by atoms with Gasteiger partial charge in [-0.2, -0.15) is 0 Å². The molecule has 0 saturated carbocycles. The van der Waals surface area contributed by atoms with E-state index in [4.69, 9.17) is 19.4 Å². The van der Waals surface area contributed by atoms with Crippen LogP contribution in [0.3, 0.4) is 0 Å². The van der Waals surface area contributed by atoms with Crippen molar-refractivity contribution in [3.8, 4) is 22.8 Å². The monoisotopic (exact) mass is 431 g/mol. The lowest BCUT2D eigenvalue weighted by Crippen LogP contribution is -2.33. The standard InChI is InChI=1S/C26H29N3O3/c1-17(2)25-27-23-14-16-29(26(30)19-7-11-21(32-4)12-8-19)15-13-22(23)24(28-25)18-5-9-20(31-3)10-6-18/h5-12,17H,13-16H2,1-4H3. The Kier molecular flexibility index (Phi) is 6.40. The molecule has 32 heavy (non-hydrogen) atoms. The summed E-state index contributed by atoms with van der Waals surface area (Å²) >= 11 is 0. The second kappa shape index (κ2) is 9.39. The molecule has 0 saturated heterocycles. The maximum Gasteiger partial charge on any atom is 0.253 e. The average Bonchev–Trinajstić information content (AvgIpc) is 3.06. The van der Waals surface area contributed by atoms with Gasteiger partial charge in [0.15, 0.2) is 0 Å². The molecular weight excluding hydrogens is 402 g/mol. The normalized spacial score (nSPS) is 13.5. The molecule has 0 atom stereocenters. The zero-order valence-corrected chi connectivity index (χ0v) is 19.1. The molecule has 1 aromatic heterocycles. The zero-order valence-electron chi connectivity index (χ0n) is 19.1. The Morgan fingerprint density at radius 1 is 0.875 bits per heavy atom. The van der Waals surface area contributed by atoms with Gasteiger partial charge in [0.25, 0.3) is 5.91 Å². The van der Waals surface area contributed by atoms with Crippen molar-refractivity contribution in [1.82, 2.24) is 14.9 Å². The Morgan fingerprint density at radius 3 is 2.06 bits per heavy atom. The minimum absolute atomic E-state index is 0.0310. The summed E-state index contributed by atoms with van der Waals surface area (Å²) in [5, 5.41) is 0. The smallest absolute Gasteiger partial charge is 0.253 e. The lowest BCUT2D eigenvalue weighted by atomic mass is 10.00. The van der Waals surface area contributed by atoms with Crippen LogP contribution in [0.4, 0.5) is 0 Å². The number of rotatable bonds is 5. The van der Waals surface area contributed by atoms with Crippen LogP contribution in [0.5, 0.6) is 11.5 Å². The number of hydrogen-bond donors (Lipinski definition) is 0. The van der Waals surface area contributed by atoms with Crippen LogP contribution in [0.25, 0.3) is 11.3 Å². The Morgan fingerprint density at radius 2 is 1.47 bits per heavy atom. The van der Waals surface area contributed by atoms with Crippen LogP contribution in [-0.2, 0) is 12.8 Å². The Bertz CT molecular complexity index is 1090. The van der Waals surface area contributed by atoms with Gasteiger partial charge >= 0.3 is 0 Å². The van der Waals surface area contributed by atoms with Gasteiger partial charge in [-0.1, -0.05) is 13.8 Å². The Labute approximate surface area is 189 Å². The minimum atomic E-state index is 0.0310. The van der Waals surface area contributed by atoms with Crippen LogP contribution in [-0.4, -0.2) is 48.1 Å². The largest absolute Gasteiger partial charge is 0.497 e. The fourth-order valence-electron chi connectivity index (χ4n) is 3.98. The predicted octanol–water partition coefficient (Wildman–Crippen LogP) is 4.53. The fraction of sp³-hybridized carbons (Fsp3) is 0.346. The number of benzene rings is 2. The molecule has 0 unspecified atom stereocenters. The maximum atomic E-state index is 13.1. The van der Waals surface area contributed by atoms with Crippen molar-refractivity contribution in [2.24, 2.45) is 0 Å². The lowest BCUT2D eigenvalue weighted by molar-refractivity contribution is 0.0763. The molecule has 6 nitrogen and oxygen atoms in total. The molecule has 0 radical (unpaired) electrons. The van der Waals surface area contributed by atoms with Crippen LogP contribution in [0.2, 0.25) is 0 Å². The molecule has 1 amide bonds. The number of fused-ring (bicyclic) bond motifs is 1. The van der Waals surface area contributed by atoms with Gasteiger partial charge in [0.05, 0.1) is 19.9 Å². The number of amides is 1. The molecule has 0 bridgehead atoms. The minimum Gasteiger partial charge on any atom is -0.497 e. The van der Waals surface area contributed by atoms with E-state index in [2.05, 4.69) is 13.8 Å². The van der Waals surface area contributed by atoms with Gasteiger partial charge in [0.1, 0.15) is 17.3 Å². The second-order valence-corrected chi connectivity index (χ2v) is 8.26. The van der Waals surface area contributed by atoms with Crippen molar-refractivity contribution in [3.63, 3.8) is 0 Å². The summed E-state index contributed by atoms with van der Waals surface area (Å²) in [4.78, 5) is 24.9. The first kappa shape index (κ1) is 21.8. The van der Waals surface area contributed by atoms with Crippen LogP contribution >= 0.6 is 0 Å². The molecule has 0 spiro atoms. The second-order valence-electron chi connectivity index (χ2n) is 8.26. The zero-order chi connectivity index (χ0) is 22.7. The third-order valence-corrected chi connectivity index (χ3v) is 5.86. The van der Waals surface area contributed by atoms with Crippen LogP contribution in [0, 0.1) is 0 Å². The van der Waals surface area contributed by atoms with Gasteiger partial charge in [0.2, 0.25) is 0 Å². The van der Waals surface area contributed by atoms with E-state index in [0.29, 0.717) is 25.1 Å². The van der Waals surface area contributed by atoms with Gasteiger partial charge in [-0.3, -0.25) is 4.79 Å². The first-order chi connectivity index (χ1) is 15.5. The van der Waals surface area contributed by atoms with Crippen molar-refractivity contribution in [1.29, 1.82) is 0 Å². The van der Waals surface area contributed by atoms with Crippen molar-refractivity contribution in [2.75, 3.05) is 27.3 Å². The van der Waals surface area contributed by atoms with E-state index in [9.17, 15) is 4.79 Å². The van der Waals surface area contributed by atoms with E-state index < -0.39 is 0 Å². The van der Waals surface area contributed by atoms with Crippen molar-refractivity contribution < 1.29 is 14.3 Å². The van der Waals surface area contributed by atoms with Gasteiger partial charge in [-0.25, -0.2) is 9.97 Å². The highest BCUT2D eigenvalue weighted by molar-refractivity contribution is 5.94. The SMILES string of the molecule is COc1ccc(C(=O)N2CCc3nc(C(C)C)nc(-c4ccc(OC)cc4)c3CC2)cc1. The van der Waals surface area contributed by atoms with Crippen molar-refractivity contribution >= 4 is 5.91 Å². The third kappa shape index (κ3) is 4.44. The predicted molar refractivity (Wildman–Crippen MR) is 124 cm³/mol. The number of ether oxygens (including phenoxy) is 2. The maximum absolute atomic E-state index is 13.1. The summed E-state index contributed by atoms with van der Waals surface area (Å²) in [5.41, 5.74) is 4.84. The number of carbonyl (C=O) groups is 1. The summed E-state index contributed by atoms with van der Waals surface area (Å²) in [5.74, 6) is 2.64. The van der Waals surface area contributed by atoms with Gasteiger partial charge in [-0.05, 0) is 55.0 Å². The van der Waals surface area contributed by atoms with Crippen LogP contribution in [0.1, 0.15) is 47.2 Å². The molecular formula is C26H29N3O3. The van der Waals surface area contributed by atoms with E-state index in [1.807, 2.05) is 53.4 Å². The highest BCUT2D eigenvalue weighted by atomic mass is 16.5. The van der Waals surface area contributed by atoms with Crippen molar-refractivity contribution in [3.05, 3.63) is 71.2 Å². The molecule has 3 aromatic rings. The molecule has 1 aliphatic heterocycles. The molecule has 0 fully saturated rings. The fourth-order valence-corrected chi connectivity index (χ4v) is 3.98. The van der Waals surface area contributed by atoms with Crippen LogP contribution in [0.15, 0.2) is 48.5 Å². The topological polar surface area (TPSA) is 64.5 Å². The summed E-state index contributed by atoms with van der Waals surface area (Å²) in [6, 6.07) is 15.3. The van der Waals surface area contributed by atoms with Gasteiger partial charge in [-0.15, -0.1) is 0 Å². The number of carbonyl (C=O) groups excluding carboxylic acids is 1. The quantitative estimate of drug-likeness (QED) is 0.594. The number of nitrogens with zero attached hydrogens (tertiary/aromatic N) is 3. The molecule has 1 aliphatic rings. The van der Waals surface area contributed by atoms with E-state index in [1.165, 1.54) is 0 Å². The van der Waals surface area contributed by atoms with E-state index in [1.54, 1.807) is 14.2 Å². The molecule has 166 valence electrons. The molecule has 2 aromatic carbocycles. The van der Waals surface area contributed by atoms with Gasteiger partial charge < -0.3 is 14.4 Å². The summed E-state index contributed by atoms with van der Waals surface area (Å²) in [6.45, 7) is 5.48. The summed E-state index contributed by atoms with van der Waals surface area (Å²) < 4.78 is 10.5.